The van der Waals surface area contributed by atoms with Gasteiger partial charge in [0.2, 0.25) is 11.8 Å². The maximum absolute atomic E-state index is 14.1. The number of anilines is 2. The van der Waals surface area contributed by atoms with Crippen LogP contribution in [0.25, 0.3) is 0 Å². The van der Waals surface area contributed by atoms with E-state index in [1.54, 1.807) is 0 Å². The molecule has 3 rings (SSSR count). The molecule has 1 aromatic carbocycles. The van der Waals surface area contributed by atoms with Crippen molar-refractivity contribution in [2.24, 2.45) is 11.8 Å². The largest absolute Gasteiger partial charge is 0.326 e. The number of nitrogens with one attached hydrogen (secondary N) is 3. The molecule has 148 valence electrons. The van der Waals surface area contributed by atoms with Gasteiger partial charge in [-0.1, -0.05) is 19.3 Å². The molecule has 1 aliphatic heterocycles. The van der Waals surface area contributed by atoms with E-state index in [-0.39, 0.29) is 23.4 Å². The van der Waals surface area contributed by atoms with Crippen LogP contribution in [-0.4, -0.2) is 24.9 Å². The molecule has 0 aromatic heterocycles. The van der Waals surface area contributed by atoms with E-state index in [1.807, 2.05) is 0 Å². The van der Waals surface area contributed by atoms with Crippen molar-refractivity contribution in [1.82, 2.24) is 5.32 Å². The third-order valence-corrected chi connectivity index (χ3v) is 5.72. The lowest BCUT2D eigenvalue weighted by atomic mass is 9.88. The van der Waals surface area contributed by atoms with Crippen LogP contribution in [0.2, 0.25) is 0 Å². The summed E-state index contributed by atoms with van der Waals surface area (Å²) in [4.78, 5) is 24.6. The summed E-state index contributed by atoms with van der Waals surface area (Å²) >= 11 is 0. The first-order valence-electron chi connectivity index (χ1n) is 10.2. The molecule has 3 N–H and O–H groups in total. The van der Waals surface area contributed by atoms with Crippen molar-refractivity contribution in [1.29, 1.82) is 0 Å². The average molecular weight is 375 g/mol. The minimum absolute atomic E-state index is 0.0404. The molecule has 0 atom stereocenters. The van der Waals surface area contributed by atoms with E-state index >= 15 is 0 Å². The first-order chi connectivity index (χ1) is 13.1. The number of carbonyl (C=O) groups is 2. The van der Waals surface area contributed by atoms with Crippen molar-refractivity contribution < 1.29 is 14.0 Å². The summed E-state index contributed by atoms with van der Waals surface area (Å²) < 4.78 is 14.1. The minimum Gasteiger partial charge on any atom is -0.326 e. The van der Waals surface area contributed by atoms with E-state index in [1.165, 1.54) is 18.2 Å². The Morgan fingerprint density at radius 3 is 2.52 bits per heavy atom. The Bertz CT molecular complexity index is 653. The van der Waals surface area contributed by atoms with Gasteiger partial charge in [-0.15, -0.1) is 0 Å². The van der Waals surface area contributed by atoms with Crippen LogP contribution in [-0.2, 0) is 9.59 Å². The maximum atomic E-state index is 14.1. The van der Waals surface area contributed by atoms with E-state index in [9.17, 15) is 14.0 Å². The van der Waals surface area contributed by atoms with Crippen LogP contribution in [0.5, 0.6) is 0 Å². The summed E-state index contributed by atoms with van der Waals surface area (Å²) in [5, 5.41) is 8.86. The van der Waals surface area contributed by atoms with E-state index in [0.29, 0.717) is 18.0 Å². The van der Waals surface area contributed by atoms with Crippen LogP contribution in [0.4, 0.5) is 15.8 Å². The molecule has 0 radical (unpaired) electrons. The van der Waals surface area contributed by atoms with Crippen LogP contribution < -0.4 is 16.0 Å². The molecule has 5 nitrogen and oxygen atoms in total. The fraction of sp³-hybridized carbons (Fsp3) is 0.619. The van der Waals surface area contributed by atoms with E-state index in [4.69, 9.17) is 0 Å². The molecule has 1 heterocycles. The second kappa shape index (κ2) is 9.83. The van der Waals surface area contributed by atoms with Gasteiger partial charge in [0, 0.05) is 18.0 Å². The molecule has 1 saturated heterocycles. The summed E-state index contributed by atoms with van der Waals surface area (Å²) in [5.41, 5.74) is 0.660. The van der Waals surface area contributed by atoms with E-state index in [0.717, 1.165) is 64.5 Å². The Kier molecular flexibility index (Phi) is 7.21. The van der Waals surface area contributed by atoms with Gasteiger partial charge in [-0.05, 0) is 69.3 Å². The van der Waals surface area contributed by atoms with Gasteiger partial charge in [-0.2, -0.15) is 0 Å². The Morgan fingerprint density at radius 1 is 1.04 bits per heavy atom. The number of amides is 2. The van der Waals surface area contributed by atoms with Gasteiger partial charge < -0.3 is 16.0 Å². The number of rotatable bonds is 6. The highest BCUT2D eigenvalue weighted by molar-refractivity contribution is 5.95. The molecule has 1 aliphatic carbocycles. The van der Waals surface area contributed by atoms with Gasteiger partial charge >= 0.3 is 0 Å². The lowest BCUT2D eigenvalue weighted by Crippen LogP contribution is -2.28. The third kappa shape index (κ3) is 6.03. The highest BCUT2D eigenvalue weighted by atomic mass is 19.1. The van der Waals surface area contributed by atoms with Crippen molar-refractivity contribution in [3.63, 3.8) is 0 Å². The van der Waals surface area contributed by atoms with Gasteiger partial charge in [0.15, 0.2) is 0 Å². The van der Waals surface area contributed by atoms with Crippen molar-refractivity contribution in [3.8, 4) is 0 Å². The summed E-state index contributed by atoms with van der Waals surface area (Å²) in [7, 11) is 0. The smallest absolute Gasteiger partial charge is 0.227 e. The average Bonchev–Trinajstić information content (AvgIpc) is 2.70. The highest BCUT2D eigenvalue weighted by Gasteiger charge is 2.22. The standard InChI is InChI=1S/C21H30FN3O2/c22-18-8-7-17(24-20(26)9-6-15-10-12-23-13-11-15)14-19(18)25-21(27)16-4-2-1-3-5-16/h7-8,14-16,23H,1-6,9-13H2,(H,24,26)(H,25,27). The second-order valence-electron chi connectivity index (χ2n) is 7.80. The molecule has 27 heavy (non-hydrogen) atoms. The van der Waals surface area contributed by atoms with E-state index in [2.05, 4.69) is 16.0 Å². The Morgan fingerprint density at radius 2 is 1.78 bits per heavy atom. The van der Waals surface area contributed by atoms with Crippen LogP contribution in [0.1, 0.15) is 57.8 Å². The fourth-order valence-corrected chi connectivity index (χ4v) is 4.03. The molecular weight excluding hydrogens is 345 g/mol. The zero-order valence-corrected chi connectivity index (χ0v) is 15.9. The monoisotopic (exact) mass is 375 g/mol. The van der Waals surface area contributed by atoms with Crippen molar-refractivity contribution in [3.05, 3.63) is 24.0 Å². The quantitative estimate of drug-likeness (QED) is 0.702. The summed E-state index contributed by atoms with van der Waals surface area (Å²) in [6.45, 7) is 2.04. The zero-order valence-electron chi connectivity index (χ0n) is 15.9. The summed E-state index contributed by atoms with van der Waals surface area (Å²) in [6.07, 6.45) is 8.55. The van der Waals surface area contributed by atoms with Crippen LogP contribution in [0.15, 0.2) is 18.2 Å². The van der Waals surface area contributed by atoms with Crippen molar-refractivity contribution in [2.45, 2.75) is 57.8 Å². The number of carbonyl (C=O) groups excluding carboxylic acids is 2. The summed E-state index contributed by atoms with van der Waals surface area (Å²) in [6, 6.07) is 4.34. The second-order valence-corrected chi connectivity index (χ2v) is 7.80. The van der Waals surface area contributed by atoms with Gasteiger partial charge in [-0.25, -0.2) is 4.39 Å². The molecule has 0 spiro atoms. The number of benzene rings is 1. The predicted octanol–water partition coefficient (Wildman–Crippen LogP) is 4.06. The van der Waals surface area contributed by atoms with Gasteiger partial charge in [-0.3, -0.25) is 9.59 Å². The predicted molar refractivity (Wildman–Crippen MR) is 105 cm³/mol. The molecule has 2 fully saturated rings. The molecular formula is C21H30FN3O2. The Hall–Kier alpha value is -1.95. The third-order valence-electron chi connectivity index (χ3n) is 5.72. The molecule has 2 aliphatic rings. The zero-order chi connectivity index (χ0) is 19.1. The Balaban J connectivity index is 1.52. The molecule has 1 aromatic rings. The van der Waals surface area contributed by atoms with Crippen LogP contribution >= 0.6 is 0 Å². The van der Waals surface area contributed by atoms with Crippen LogP contribution in [0, 0.1) is 17.7 Å². The first-order valence-corrected chi connectivity index (χ1v) is 10.2. The SMILES string of the molecule is O=C(CCC1CCNCC1)Nc1ccc(F)c(NC(=O)C2CCCCC2)c1. The topological polar surface area (TPSA) is 70.2 Å². The van der Waals surface area contributed by atoms with E-state index < -0.39 is 5.82 Å². The lowest BCUT2D eigenvalue weighted by molar-refractivity contribution is -0.120. The van der Waals surface area contributed by atoms with Crippen molar-refractivity contribution in [2.75, 3.05) is 23.7 Å². The number of halogens is 1. The number of hydrogen-bond acceptors (Lipinski definition) is 3. The molecule has 0 unspecified atom stereocenters. The first kappa shape index (κ1) is 19.8. The van der Waals surface area contributed by atoms with Gasteiger partial charge in [0.05, 0.1) is 5.69 Å². The molecule has 1 saturated carbocycles. The highest BCUT2D eigenvalue weighted by Crippen LogP contribution is 2.27. The van der Waals surface area contributed by atoms with Gasteiger partial charge in [0.1, 0.15) is 5.82 Å². The normalized spacial score (nSPS) is 18.9. The van der Waals surface area contributed by atoms with Crippen molar-refractivity contribution >= 4 is 23.2 Å². The lowest BCUT2D eigenvalue weighted by Gasteiger charge is -2.22. The van der Waals surface area contributed by atoms with Crippen LogP contribution in [0.3, 0.4) is 0 Å². The molecule has 6 heteroatoms. The fourth-order valence-electron chi connectivity index (χ4n) is 4.03. The molecule has 2 amide bonds. The van der Waals surface area contributed by atoms with Gasteiger partial charge in [0.25, 0.3) is 0 Å². The number of hydrogen-bond donors (Lipinski definition) is 3. The Labute approximate surface area is 160 Å². The summed E-state index contributed by atoms with van der Waals surface area (Å²) in [5.74, 6) is -0.114. The minimum atomic E-state index is -0.480. The molecule has 0 bridgehead atoms. The number of piperidine rings is 1. The maximum Gasteiger partial charge on any atom is 0.227 e.